The van der Waals surface area contributed by atoms with E-state index in [1.165, 1.54) is 17.6 Å². The van der Waals surface area contributed by atoms with Crippen molar-refractivity contribution in [3.05, 3.63) is 119 Å². The van der Waals surface area contributed by atoms with Crippen LogP contribution in [-0.2, 0) is 20.8 Å². The number of rotatable bonds is 10. The smallest absolute Gasteiger partial charge is 0.251 e. The molecule has 7 heteroatoms. The summed E-state index contributed by atoms with van der Waals surface area (Å²) in [7, 11) is 3.30. The fraction of sp³-hybridized carbons (Fsp3) is 0.368. The van der Waals surface area contributed by atoms with Crippen molar-refractivity contribution in [3.8, 4) is 0 Å². The van der Waals surface area contributed by atoms with Gasteiger partial charge < -0.3 is 19.5 Å². The minimum atomic E-state index is -0.0726. The van der Waals surface area contributed by atoms with Gasteiger partial charge in [0.1, 0.15) is 18.0 Å². The van der Waals surface area contributed by atoms with Gasteiger partial charge in [-0.15, -0.1) is 0 Å². The predicted octanol–water partition coefficient (Wildman–Crippen LogP) is 7.41. The molecule has 0 saturated carbocycles. The van der Waals surface area contributed by atoms with E-state index in [1.807, 2.05) is 31.2 Å². The maximum absolute atomic E-state index is 12.6. The summed E-state index contributed by atoms with van der Waals surface area (Å²) >= 11 is 0. The van der Waals surface area contributed by atoms with Crippen molar-refractivity contribution in [2.75, 3.05) is 27.4 Å². The average Bonchev–Trinajstić information content (AvgIpc) is 3.75. The number of hydrogen-bond acceptors (Lipinski definition) is 5. The molecule has 3 atom stereocenters. The SMILES string of the molecule is C=C1C=CC(c2ccc(C3OC3C3=CCCC(Cn4cc5c(C)c(C(=O)NCCOC)ccc5n4)CCC3)cc2)=CC=C1OC. The first-order chi connectivity index (χ1) is 21.9. The lowest BCUT2D eigenvalue weighted by Gasteiger charge is -2.19. The lowest BCUT2D eigenvalue weighted by molar-refractivity contribution is 0.0936. The number of carbonyl (C=O) groups is 1. The Labute approximate surface area is 265 Å². The average molecular weight is 606 g/mol. The van der Waals surface area contributed by atoms with Crippen LogP contribution in [0.2, 0.25) is 0 Å². The van der Waals surface area contributed by atoms with Gasteiger partial charge in [-0.25, -0.2) is 0 Å². The van der Waals surface area contributed by atoms with E-state index in [2.05, 4.69) is 65.3 Å². The predicted molar refractivity (Wildman–Crippen MR) is 179 cm³/mol. The molecule has 6 rings (SSSR count). The topological polar surface area (TPSA) is 77.9 Å². The summed E-state index contributed by atoms with van der Waals surface area (Å²) in [6, 6.07) is 12.6. The number of hydrogen-bond donors (Lipinski definition) is 1. The number of aromatic nitrogens is 2. The Kier molecular flexibility index (Phi) is 9.47. The van der Waals surface area contributed by atoms with Gasteiger partial charge in [0, 0.05) is 42.9 Å². The van der Waals surface area contributed by atoms with Gasteiger partial charge in [0.25, 0.3) is 5.91 Å². The van der Waals surface area contributed by atoms with Crippen LogP contribution in [0, 0.1) is 12.8 Å². The third-order valence-corrected chi connectivity index (χ3v) is 9.19. The van der Waals surface area contributed by atoms with E-state index in [9.17, 15) is 4.79 Å². The van der Waals surface area contributed by atoms with Crippen LogP contribution in [0.4, 0.5) is 0 Å². The van der Waals surface area contributed by atoms with E-state index < -0.39 is 0 Å². The van der Waals surface area contributed by atoms with Crippen molar-refractivity contribution < 1.29 is 19.0 Å². The molecule has 3 aliphatic rings. The summed E-state index contributed by atoms with van der Waals surface area (Å²) in [5.41, 5.74) is 8.44. The summed E-state index contributed by atoms with van der Waals surface area (Å²) in [5.74, 6) is 1.28. The Hall–Kier alpha value is -4.20. The first kappa shape index (κ1) is 30.8. The standard InChI is InChI=1S/C38H43N3O4/c1-25-11-12-28(17-20-35(25)44-4)29-13-15-31(16-14-29)37-36(45-37)30-9-5-7-27(8-6-10-30)23-41-24-33-26(2)32(18-19-34(33)40-41)38(42)39-21-22-43-3/h9,11-20,24,27,36-37H,1,5-8,10,21-23H2,2-4H3,(H,39,42). The Morgan fingerprint density at radius 2 is 1.93 bits per heavy atom. The zero-order chi connectivity index (χ0) is 31.3. The number of epoxide rings is 1. The zero-order valence-corrected chi connectivity index (χ0v) is 26.6. The molecule has 2 heterocycles. The van der Waals surface area contributed by atoms with Crippen LogP contribution in [-0.4, -0.2) is 49.2 Å². The highest BCUT2D eigenvalue weighted by Gasteiger charge is 2.42. The van der Waals surface area contributed by atoms with Crippen molar-refractivity contribution in [1.82, 2.24) is 15.1 Å². The minimum Gasteiger partial charge on any atom is -0.496 e. The number of fused-ring (bicyclic) bond motifs is 1. The number of carbonyl (C=O) groups excluding carboxylic acids is 1. The molecule has 0 bridgehead atoms. The fourth-order valence-corrected chi connectivity index (χ4v) is 6.54. The molecule has 234 valence electrons. The Morgan fingerprint density at radius 1 is 1.09 bits per heavy atom. The molecule has 1 amide bonds. The molecule has 0 radical (unpaired) electrons. The molecule has 3 aromatic rings. The number of methoxy groups -OCH3 is 2. The summed E-state index contributed by atoms with van der Waals surface area (Å²) in [6.07, 6.45) is 18.6. The Bertz CT molecular complexity index is 1690. The maximum Gasteiger partial charge on any atom is 0.251 e. The van der Waals surface area contributed by atoms with Crippen LogP contribution in [0.1, 0.15) is 65.3 Å². The first-order valence-electron chi connectivity index (χ1n) is 16.0. The molecule has 1 fully saturated rings. The Balaban J connectivity index is 1.04. The van der Waals surface area contributed by atoms with Gasteiger partial charge in [0.2, 0.25) is 0 Å². The van der Waals surface area contributed by atoms with Crippen molar-refractivity contribution in [2.24, 2.45) is 5.92 Å². The lowest BCUT2D eigenvalue weighted by Crippen LogP contribution is -2.27. The minimum absolute atomic E-state index is 0.0726. The molecule has 2 aromatic carbocycles. The summed E-state index contributed by atoms with van der Waals surface area (Å²) in [5, 5.41) is 8.82. The molecule has 1 aromatic heterocycles. The van der Waals surface area contributed by atoms with E-state index in [1.54, 1.807) is 14.2 Å². The van der Waals surface area contributed by atoms with E-state index in [4.69, 9.17) is 19.3 Å². The van der Waals surface area contributed by atoms with Crippen LogP contribution in [0.15, 0.2) is 96.5 Å². The second-order valence-corrected chi connectivity index (χ2v) is 12.2. The molecular weight excluding hydrogens is 562 g/mol. The largest absolute Gasteiger partial charge is 0.496 e. The molecule has 3 unspecified atom stereocenters. The third kappa shape index (κ3) is 7.05. The molecule has 1 N–H and O–H groups in total. The normalized spacial score (nSPS) is 21.7. The molecular formula is C38H43N3O4. The highest BCUT2D eigenvalue weighted by Crippen LogP contribution is 2.45. The maximum atomic E-state index is 12.6. The number of ether oxygens (including phenoxy) is 3. The summed E-state index contributed by atoms with van der Waals surface area (Å²) in [6.45, 7) is 7.95. The number of nitrogens with one attached hydrogen (secondary N) is 1. The molecule has 7 nitrogen and oxygen atoms in total. The second-order valence-electron chi connectivity index (χ2n) is 12.2. The number of aryl methyl sites for hydroxylation is 1. The first-order valence-corrected chi connectivity index (χ1v) is 16.0. The van der Waals surface area contributed by atoms with Crippen LogP contribution < -0.4 is 5.32 Å². The number of allylic oxidation sites excluding steroid dienone is 6. The van der Waals surface area contributed by atoms with E-state index in [-0.39, 0.29) is 18.1 Å². The second kappa shape index (κ2) is 13.8. The van der Waals surface area contributed by atoms with Gasteiger partial charge >= 0.3 is 0 Å². The quantitative estimate of drug-likeness (QED) is 0.148. The molecule has 45 heavy (non-hydrogen) atoms. The fourth-order valence-electron chi connectivity index (χ4n) is 6.54. The highest BCUT2D eigenvalue weighted by atomic mass is 16.6. The van der Waals surface area contributed by atoms with E-state index in [0.717, 1.165) is 71.2 Å². The highest BCUT2D eigenvalue weighted by molar-refractivity contribution is 6.00. The lowest BCUT2D eigenvalue weighted by atomic mass is 9.89. The summed E-state index contributed by atoms with van der Waals surface area (Å²) in [4.78, 5) is 12.6. The zero-order valence-electron chi connectivity index (χ0n) is 26.6. The van der Waals surface area contributed by atoms with Gasteiger partial charge in [-0.1, -0.05) is 55.1 Å². The van der Waals surface area contributed by atoms with Gasteiger partial charge in [-0.3, -0.25) is 9.48 Å². The monoisotopic (exact) mass is 605 g/mol. The van der Waals surface area contributed by atoms with Crippen LogP contribution >= 0.6 is 0 Å². The van der Waals surface area contributed by atoms with E-state index >= 15 is 0 Å². The van der Waals surface area contributed by atoms with E-state index in [0.29, 0.717) is 24.6 Å². The number of benzene rings is 2. The van der Waals surface area contributed by atoms with Gasteiger partial charge in [-0.2, -0.15) is 5.10 Å². The third-order valence-electron chi connectivity index (χ3n) is 9.19. The van der Waals surface area contributed by atoms with Crippen LogP contribution in [0.3, 0.4) is 0 Å². The molecule has 1 aliphatic heterocycles. The van der Waals surface area contributed by atoms with Crippen molar-refractivity contribution in [1.29, 1.82) is 0 Å². The van der Waals surface area contributed by atoms with Gasteiger partial charge in [0.05, 0.1) is 19.2 Å². The van der Waals surface area contributed by atoms with Crippen molar-refractivity contribution in [3.63, 3.8) is 0 Å². The van der Waals surface area contributed by atoms with Crippen molar-refractivity contribution >= 4 is 22.4 Å². The molecule has 1 saturated heterocycles. The number of nitrogens with zero attached hydrogens (tertiary/aromatic N) is 2. The number of amides is 1. The van der Waals surface area contributed by atoms with Crippen molar-refractivity contribution in [2.45, 2.75) is 57.8 Å². The van der Waals surface area contributed by atoms with Gasteiger partial charge in [-0.05, 0) is 91.0 Å². The Morgan fingerprint density at radius 3 is 2.73 bits per heavy atom. The van der Waals surface area contributed by atoms with Gasteiger partial charge in [0.15, 0.2) is 0 Å². The molecule has 0 spiro atoms. The van der Waals surface area contributed by atoms with Crippen LogP contribution in [0.5, 0.6) is 0 Å². The molecule has 2 aliphatic carbocycles. The summed E-state index contributed by atoms with van der Waals surface area (Å²) < 4.78 is 18.8. The van der Waals surface area contributed by atoms with Crippen LogP contribution in [0.25, 0.3) is 16.5 Å².